The Morgan fingerprint density at radius 2 is 1.93 bits per heavy atom. The molecule has 1 aromatic carbocycles. The third kappa shape index (κ3) is 3.01. The van der Waals surface area contributed by atoms with Gasteiger partial charge in [0.1, 0.15) is 17.2 Å². The Balaban J connectivity index is 1.57. The number of aromatic nitrogens is 2. The minimum absolute atomic E-state index is 0.0600. The van der Waals surface area contributed by atoms with Crippen molar-refractivity contribution in [2.45, 2.75) is 26.3 Å². The fraction of sp³-hybridized carbons (Fsp3) is 0.391. The van der Waals surface area contributed by atoms with Crippen molar-refractivity contribution in [2.24, 2.45) is 5.41 Å². The van der Waals surface area contributed by atoms with E-state index in [0.717, 1.165) is 42.8 Å². The summed E-state index contributed by atoms with van der Waals surface area (Å²) in [6, 6.07) is 8.45. The van der Waals surface area contributed by atoms with Gasteiger partial charge in [-0.1, -0.05) is 17.7 Å². The molecule has 2 aromatic heterocycles. The lowest BCUT2D eigenvalue weighted by Gasteiger charge is -2.54. The van der Waals surface area contributed by atoms with Crippen LogP contribution in [0.1, 0.15) is 31.3 Å². The van der Waals surface area contributed by atoms with E-state index >= 15 is 0 Å². The molecule has 30 heavy (non-hydrogen) atoms. The maximum atomic E-state index is 14.1. The van der Waals surface area contributed by atoms with E-state index in [1.165, 1.54) is 6.07 Å². The number of ether oxygens (including phenoxy) is 1. The molecule has 4 heterocycles. The fourth-order valence-electron chi connectivity index (χ4n) is 4.27. The Hall–Kier alpha value is -2.44. The predicted molar refractivity (Wildman–Crippen MR) is 114 cm³/mol. The van der Waals surface area contributed by atoms with Gasteiger partial charge in [0.05, 0.1) is 23.7 Å². The molecular formula is C23H23ClFN3O2. The van der Waals surface area contributed by atoms with E-state index in [1.807, 2.05) is 21.7 Å². The second kappa shape index (κ2) is 6.53. The molecule has 0 aliphatic carbocycles. The number of rotatable bonds is 2. The van der Waals surface area contributed by atoms with Gasteiger partial charge in [0.25, 0.3) is 5.91 Å². The summed E-state index contributed by atoms with van der Waals surface area (Å²) in [6.07, 6.45) is 1.97. The standard InChI is InChI=1S/C23H23ClFN3O2/c1-22(2,3)28-9-16(14-4-6-17(24)18(25)8-14)15-5-7-19(26-20(15)28)21(29)27-10-23(11-27)12-30-13-23/h4-9H,10-13H2,1-3H3. The molecule has 2 saturated heterocycles. The van der Waals surface area contributed by atoms with Crippen LogP contribution in [0.25, 0.3) is 22.2 Å². The minimum Gasteiger partial charge on any atom is -0.380 e. The Labute approximate surface area is 179 Å². The van der Waals surface area contributed by atoms with E-state index < -0.39 is 5.82 Å². The van der Waals surface area contributed by atoms with Gasteiger partial charge in [-0.25, -0.2) is 9.37 Å². The van der Waals surface area contributed by atoms with Gasteiger partial charge < -0.3 is 14.2 Å². The normalized spacial score (nSPS) is 17.8. The first kappa shape index (κ1) is 19.5. The van der Waals surface area contributed by atoms with Crippen LogP contribution < -0.4 is 0 Å². The molecule has 156 valence electrons. The number of halogens is 2. The average Bonchev–Trinajstić information content (AvgIpc) is 3.00. The zero-order valence-corrected chi connectivity index (χ0v) is 18.0. The maximum absolute atomic E-state index is 14.1. The van der Waals surface area contributed by atoms with E-state index in [9.17, 15) is 9.18 Å². The molecule has 3 aromatic rings. The van der Waals surface area contributed by atoms with Crippen LogP contribution in [-0.2, 0) is 10.3 Å². The van der Waals surface area contributed by atoms with Crippen molar-refractivity contribution >= 4 is 28.5 Å². The summed E-state index contributed by atoms with van der Waals surface area (Å²) in [4.78, 5) is 19.5. The van der Waals surface area contributed by atoms with Crippen LogP contribution in [0.2, 0.25) is 5.02 Å². The van der Waals surface area contributed by atoms with Crippen LogP contribution in [0.3, 0.4) is 0 Å². The lowest BCUT2D eigenvalue weighted by molar-refractivity contribution is -0.176. The lowest BCUT2D eigenvalue weighted by Crippen LogP contribution is -2.67. The van der Waals surface area contributed by atoms with Gasteiger partial charge in [0, 0.05) is 35.8 Å². The third-order valence-electron chi connectivity index (χ3n) is 5.98. The number of amides is 1. The molecule has 0 unspecified atom stereocenters. The van der Waals surface area contributed by atoms with Crippen molar-refractivity contribution in [1.82, 2.24) is 14.5 Å². The number of fused-ring (bicyclic) bond motifs is 1. The Morgan fingerprint density at radius 3 is 2.53 bits per heavy atom. The summed E-state index contributed by atoms with van der Waals surface area (Å²) in [7, 11) is 0. The van der Waals surface area contributed by atoms with Crippen molar-refractivity contribution in [3.8, 4) is 11.1 Å². The topological polar surface area (TPSA) is 47.4 Å². The molecule has 5 rings (SSSR count). The molecule has 1 spiro atoms. The number of carbonyl (C=O) groups excluding carboxylic acids is 1. The molecule has 2 aliphatic rings. The van der Waals surface area contributed by atoms with Gasteiger partial charge in [-0.15, -0.1) is 0 Å². The van der Waals surface area contributed by atoms with Crippen LogP contribution in [0.4, 0.5) is 4.39 Å². The van der Waals surface area contributed by atoms with Crippen molar-refractivity contribution < 1.29 is 13.9 Å². The second-order valence-corrected chi connectivity index (χ2v) is 9.84. The Kier molecular flexibility index (Phi) is 4.25. The van der Waals surface area contributed by atoms with Gasteiger partial charge in [0.2, 0.25) is 0 Å². The number of nitrogens with zero attached hydrogens (tertiary/aromatic N) is 3. The quantitative estimate of drug-likeness (QED) is 0.594. The molecule has 2 fully saturated rings. The number of hydrogen-bond donors (Lipinski definition) is 0. The van der Waals surface area contributed by atoms with Crippen LogP contribution >= 0.6 is 11.6 Å². The van der Waals surface area contributed by atoms with E-state index in [-0.39, 0.29) is 21.9 Å². The highest BCUT2D eigenvalue weighted by Crippen LogP contribution is 2.39. The second-order valence-electron chi connectivity index (χ2n) is 9.43. The summed E-state index contributed by atoms with van der Waals surface area (Å²) in [5.41, 5.74) is 2.62. The first-order valence-electron chi connectivity index (χ1n) is 10.0. The smallest absolute Gasteiger partial charge is 0.272 e. The molecule has 0 radical (unpaired) electrons. The van der Waals surface area contributed by atoms with Gasteiger partial charge in [-0.05, 0) is 50.6 Å². The Bertz CT molecular complexity index is 1170. The molecular weight excluding hydrogens is 405 g/mol. The van der Waals surface area contributed by atoms with Crippen molar-refractivity contribution in [1.29, 1.82) is 0 Å². The zero-order valence-electron chi connectivity index (χ0n) is 17.2. The fourth-order valence-corrected chi connectivity index (χ4v) is 4.39. The summed E-state index contributed by atoms with van der Waals surface area (Å²) < 4.78 is 21.4. The minimum atomic E-state index is -0.461. The van der Waals surface area contributed by atoms with E-state index in [4.69, 9.17) is 21.3 Å². The highest BCUT2D eigenvalue weighted by atomic mass is 35.5. The highest BCUT2D eigenvalue weighted by Gasteiger charge is 2.50. The van der Waals surface area contributed by atoms with Crippen LogP contribution in [-0.4, -0.2) is 46.7 Å². The first-order valence-corrected chi connectivity index (χ1v) is 10.4. The maximum Gasteiger partial charge on any atom is 0.272 e. The van der Waals surface area contributed by atoms with Crippen LogP contribution in [0.5, 0.6) is 0 Å². The number of hydrogen-bond acceptors (Lipinski definition) is 3. The average molecular weight is 428 g/mol. The number of benzene rings is 1. The number of likely N-dealkylation sites (tertiary alicyclic amines) is 1. The molecule has 5 nitrogen and oxygen atoms in total. The zero-order chi connectivity index (χ0) is 21.3. The van der Waals surface area contributed by atoms with E-state index in [0.29, 0.717) is 11.3 Å². The highest BCUT2D eigenvalue weighted by molar-refractivity contribution is 6.30. The number of pyridine rings is 1. The van der Waals surface area contributed by atoms with Crippen molar-refractivity contribution in [3.63, 3.8) is 0 Å². The summed E-state index contributed by atoms with van der Waals surface area (Å²) in [5.74, 6) is -0.521. The predicted octanol–water partition coefficient (Wildman–Crippen LogP) is 4.72. The molecule has 0 atom stereocenters. The first-order chi connectivity index (χ1) is 14.2. The molecule has 1 amide bonds. The van der Waals surface area contributed by atoms with Gasteiger partial charge in [-0.2, -0.15) is 0 Å². The molecule has 0 bridgehead atoms. The van der Waals surface area contributed by atoms with Crippen molar-refractivity contribution in [2.75, 3.05) is 26.3 Å². The number of carbonyl (C=O) groups is 1. The summed E-state index contributed by atoms with van der Waals surface area (Å²) >= 11 is 5.86. The van der Waals surface area contributed by atoms with Gasteiger partial charge in [0.15, 0.2) is 0 Å². The van der Waals surface area contributed by atoms with Crippen LogP contribution in [0, 0.1) is 11.2 Å². The Morgan fingerprint density at radius 1 is 1.20 bits per heavy atom. The molecule has 2 aliphatic heterocycles. The summed E-state index contributed by atoms with van der Waals surface area (Å²) in [6.45, 7) is 9.14. The van der Waals surface area contributed by atoms with E-state index in [2.05, 4.69) is 20.8 Å². The van der Waals surface area contributed by atoms with Gasteiger partial charge >= 0.3 is 0 Å². The van der Waals surface area contributed by atoms with Crippen molar-refractivity contribution in [3.05, 3.63) is 53.1 Å². The molecule has 0 saturated carbocycles. The van der Waals surface area contributed by atoms with Gasteiger partial charge in [-0.3, -0.25) is 4.79 Å². The lowest BCUT2D eigenvalue weighted by atomic mass is 9.78. The van der Waals surface area contributed by atoms with E-state index in [1.54, 1.807) is 18.2 Å². The largest absolute Gasteiger partial charge is 0.380 e. The third-order valence-corrected chi connectivity index (χ3v) is 6.29. The van der Waals surface area contributed by atoms with Crippen LogP contribution in [0.15, 0.2) is 36.5 Å². The SMILES string of the molecule is CC(C)(C)n1cc(-c2ccc(Cl)c(F)c2)c2ccc(C(=O)N3CC4(COC4)C3)nc21. The molecule has 7 heteroatoms. The summed E-state index contributed by atoms with van der Waals surface area (Å²) in [5, 5.41) is 0.962. The monoisotopic (exact) mass is 427 g/mol. The molecule has 0 N–H and O–H groups in total.